The predicted molar refractivity (Wildman–Crippen MR) is 79.2 cm³/mol. The van der Waals surface area contributed by atoms with Crippen molar-refractivity contribution < 1.29 is 9.59 Å². The summed E-state index contributed by atoms with van der Waals surface area (Å²) in [6.07, 6.45) is 0.480. The third-order valence-electron chi connectivity index (χ3n) is 2.63. The van der Waals surface area contributed by atoms with Gasteiger partial charge in [-0.15, -0.1) is 12.4 Å². The van der Waals surface area contributed by atoms with Crippen molar-refractivity contribution in [2.75, 3.05) is 19.6 Å². The molecule has 0 heterocycles. The Bertz CT molecular complexity index is 404. The summed E-state index contributed by atoms with van der Waals surface area (Å²) in [5.41, 5.74) is 1.24. The zero-order valence-corrected chi connectivity index (χ0v) is 12.2. The van der Waals surface area contributed by atoms with Crippen molar-refractivity contribution in [3.63, 3.8) is 0 Å². The Balaban J connectivity index is 0.00000324. The molecule has 0 unspecified atom stereocenters. The fourth-order valence-corrected chi connectivity index (χ4v) is 1.55. The Morgan fingerprint density at radius 2 is 1.58 bits per heavy atom. The van der Waals surface area contributed by atoms with Gasteiger partial charge in [-0.25, -0.2) is 0 Å². The molecule has 2 N–H and O–H groups in total. The average molecular weight is 285 g/mol. The number of likely N-dealkylation sites (N-methyl/N-ethyl adjacent to an activating group) is 1. The Morgan fingerprint density at radius 1 is 1.00 bits per heavy atom. The van der Waals surface area contributed by atoms with Crippen LogP contribution >= 0.6 is 12.4 Å². The molecule has 19 heavy (non-hydrogen) atoms. The van der Waals surface area contributed by atoms with Crippen molar-refractivity contribution in [2.24, 2.45) is 0 Å². The lowest BCUT2D eigenvalue weighted by Crippen LogP contribution is -2.31. The summed E-state index contributed by atoms with van der Waals surface area (Å²) in [6.45, 7) is 6.09. The SMILES string of the molecule is CCNCCNC(=O)c1ccc(C(=O)CC)cc1.Cl. The lowest BCUT2D eigenvalue weighted by atomic mass is 10.1. The van der Waals surface area contributed by atoms with E-state index in [0.717, 1.165) is 13.1 Å². The number of nitrogens with one attached hydrogen (secondary N) is 2. The van der Waals surface area contributed by atoms with Crippen molar-refractivity contribution in [2.45, 2.75) is 20.3 Å². The highest BCUT2D eigenvalue weighted by molar-refractivity contribution is 5.98. The van der Waals surface area contributed by atoms with Crippen molar-refractivity contribution in [1.29, 1.82) is 0 Å². The highest BCUT2D eigenvalue weighted by Gasteiger charge is 2.06. The summed E-state index contributed by atoms with van der Waals surface area (Å²) in [4.78, 5) is 23.2. The van der Waals surface area contributed by atoms with E-state index in [-0.39, 0.29) is 24.1 Å². The van der Waals surface area contributed by atoms with E-state index in [2.05, 4.69) is 10.6 Å². The summed E-state index contributed by atoms with van der Waals surface area (Å²) in [6, 6.07) is 6.77. The lowest BCUT2D eigenvalue weighted by molar-refractivity contribution is 0.0950. The molecule has 0 atom stereocenters. The van der Waals surface area contributed by atoms with Gasteiger partial charge in [0.15, 0.2) is 5.78 Å². The molecule has 0 spiro atoms. The van der Waals surface area contributed by atoms with E-state index < -0.39 is 0 Å². The molecule has 1 rings (SSSR count). The molecule has 0 radical (unpaired) electrons. The molecule has 0 aromatic heterocycles. The highest BCUT2D eigenvalue weighted by atomic mass is 35.5. The summed E-state index contributed by atoms with van der Waals surface area (Å²) >= 11 is 0. The van der Waals surface area contributed by atoms with Crippen LogP contribution in [-0.4, -0.2) is 31.3 Å². The monoisotopic (exact) mass is 284 g/mol. The van der Waals surface area contributed by atoms with Crippen LogP contribution in [0.5, 0.6) is 0 Å². The van der Waals surface area contributed by atoms with Gasteiger partial charge < -0.3 is 10.6 Å². The first-order valence-corrected chi connectivity index (χ1v) is 6.31. The van der Waals surface area contributed by atoms with E-state index in [1.807, 2.05) is 13.8 Å². The van der Waals surface area contributed by atoms with Crippen LogP contribution in [0, 0.1) is 0 Å². The number of ketones is 1. The molecule has 0 bridgehead atoms. The number of carbonyl (C=O) groups excluding carboxylic acids is 2. The molecule has 1 aromatic carbocycles. The molecule has 0 aliphatic heterocycles. The summed E-state index contributed by atoms with van der Waals surface area (Å²) in [5.74, 6) is -0.0162. The van der Waals surface area contributed by atoms with Crippen LogP contribution in [0.4, 0.5) is 0 Å². The van der Waals surface area contributed by atoms with Crippen LogP contribution in [0.2, 0.25) is 0 Å². The van der Waals surface area contributed by atoms with E-state index in [0.29, 0.717) is 24.1 Å². The Hall–Kier alpha value is -1.39. The van der Waals surface area contributed by atoms with Gasteiger partial charge in [0.2, 0.25) is 0 Å². The van der Waals surface area contributed by atoms with Crippen LogP contribution in [0.15, 0.2) is 24.3 Å². The van der Waals surface area contributed by atoms with Crippen LogP contribution in [0.1, 0.15) is 41.0 Å². The zero-order valence-electron chi connectivity index (χ0n) is 11.4. The number of amides is 1. The number of rotatable bonds is 7. The van der Waals surface area contributed by atoms with Crippen LogP contribution in [-0.2, 0) is 0 Å². The topological polar surface area (TPSA) is 58.2 Å². The molecule has 1 amide bonds. The van der Waals surface area contributed by atoms with Crippen LogP contribution < -0.4 is 10.6 Å². The van der Waals surface area contributed by atoms with Crippen molar-refractivity contribution in [3.8, 4) is 0 Å². The molecule has 1 aromatic rings. The van der Waals surface area contributed by atoms with Crippen LogP contribution in [0.25, 0.3) is 0 Å². The Labute approximate surface area is 120 Å². The molecule has 0 aliphatic rings. The van der Waals surface area contributed by atoms with Crippen LogP contribution in [0.3, 0.4) is 0 Å². The minimum Gasteiger partial charge on any atom is -0.351 e. The molecule has 0 saturated carbocycles. The van der Waals surface area contributed by atoms with Gasteiger partial charge in [-0.1, -0.05) is 26.0 Å². The predicted octanol–water partition coefficient (Wildman–Crippen LogP) is 2.04. The van der Waals surface area contributed by atoms with Crippen molar-refractivity contribution in [3.05, 3.63) is 35.4 Å². The van der Waals surface area contributed by atoms with Gasteiger partial charge in [-0.3, -0.25) is 9.59 Å². The first-order valence-electron chi connectivity index (χ1n) is 6.31. The van der Waals surface area contributed by atoms with E-state index in [1.165, 1.54) is 0 Å². The molecule has 106 valence electrons. The van der Waals surface area contributed by atoms with E-state index in [9.17, 15) is 9.59 Å². The molecular weight excluding hydrogens is 264 g/mol. The zero-order chi connectivity index (χ0) is 13.4. The molecule has 0 fully saturated rings. The van der Waals surface area contributed by atoms with Gasteiger partial charge in [0.05, 0.1) is 0 Å². The number of halogens is 1. The third-order valence-corrected chi connectivity index (χ3v) is 2.63. The quantitative estimate of drug-likeness (QED) is 0.595. The highest BCUT2D eigenvalue weighted by Crippen LogP contribution is 2.06. The fraction of sp³-hybridized carbons (Fsp3) is 0.429. The minimum atomic E-state index is -0.108. The summed E-state index contributed by atoms with van der Waals surface area (Å²) < 4.78 is 0. The lowest BCUT2D eigenvalue weighted by Gasteiger charge is -2.06. The first-order chi connectivity index (χ1) is 8.69. The minimum absolute atomic E-state index is 0. The number of carbonyl (C=O) groups is 2. The number of hydrogen-bond acceptors (Lipinski definition) is 3. The van der Waals surface area contributed by atoms with Crippen molar-refractivity contribution >= 4 is 24.1 Å². The van der Waals surface area contributed by atoms with Gasteiger partial charge in [0.1, 0.15) is 0 Å². The maximum Gasteiger partial charge on any atom is 0.251 e. The normalized spacial score (nSPS) is 9.58. The number of Topliss-reactive ketones (excluding diaryl/α,β-unsaturated/α-hetero) is 1. The van der Waals surface area contributed by atoms with Gasteiger partial charge in [0, 0.05) is 30.6 Å². The molecule has 5 heteroatoms. The standard InChI is InChI=1S/C14H20N2O2.ClH/c1-3-13(17)11-5-7-12(8-6-11)14(18)16-10-9-15-4-2;/h5-8,15H,3-4,9-10H2,1-2H3,(H,16,18);1H. The van der Waals surface area contributed by atoms with Gasteiger partial charge in [-0.05, 0) is 18.7 Å². The first kappa shape index (κ1) is 17.6. The molecule has 0 aliphatic carbocycles. The van der Waals surface area contributed by atoms with E-state index in [1.54, 1.807) is 24.3 Å². The Kier molecular flexibility index (Phi) is 8.83. The fourth-order valence-electron chi connectivity index (χ4n) is 1.55. The van der Waals surface area contributed by atoms with Gasteiger partial charge in [-0.2, -0.15) is 0 Å². The van der Waals surface area contributed by atoms with E-state index >= 15 is 0 Å². The molecule has 4 nitrogen and oxygen atoms in total. The third kappa shape index (κ3) is 5.85. The molecular formula is C14H21ClN2O2. The number of benzene rings is 1. The molecule has 0 saturated heterocycles. The maximum atomic E-state index is 11.7. The van der Waals surface area contributed by atoms with Gasteiger partial charge in [0.25, 0.3) is 5.91 Å². The van der Waals surface area contributed by atoms with Crippen molar-refractivity contribution in [1.82, 2.24) is 10.6 Å². The smallest absolute Gasteiger partial charge is 0.251 e. The summed E-state index contributed by atoms with van der Waals surface area (Å²) in [5, 5.41) is 5.94. The average Bonchev–Trinajstić information content (AvgIpc) is 2.42. The van der Waals surface area contributed by atoms with E-state index in [4.69, 9.17) is 0 Å². The maximum absolute atomic E-state index is 11.7. The summed E-state index contributed by atoms with van der Waals surface area (Å²) in [7, 11) is 0. The second kappa shape index (κ2) is 9.53. The van der Waals surface area contributed by atoms with Gasteiger partial charge >= 0.3 is 0 Å². The second-order valence-electron chi connectivity index (χ2n) is 3.96. The largest absolute Gasteiger partial charge is 0.351 e. The Morgan fingerprint density at radius 3 is 2.11 bits per heavy atom. The number of hydrogen-bond donors (Lipinski definition) is 2. The second-order valence-corrected chi connectivity index (χ2v) is 3.96.